The van der Waals surface area contributed by atoms with E-state index < -0.39 is 0 Å². The Labute approximate surface area is 116 Å². The number of nitriles is 1. The molecule has 0 aromatic carbocycles. The summed E-state index contributed by atoms with van der Waals surface area (Å²) in [5.41, 5.74) is -0.383. The van der Waals surface area contributed by atoms with Crippen molar-refractivity contribution in [3.05, 3.63) is 0 Å². The van der Waals surface area contributed by atoms with Crippen molar-refractivity contribution < 1.29 is 9.47 Å². The van der Waals surface area contributed by atoms with Gasteiger partial charge < -0.3 is 9.47 Å². The lowest BCUT2D eigenvalue weighted by atomic mass is 9.98. The van der Waals surface area contributed by atoms with Crippen molar-refractivity contribution >= 4 is 0 Å². The summed E-state index contributed by atoms with van der Waals surface area (Å²) in [6, 6.07) is 2.97. The number of hydrogen-bond acceptors (Lipinski definition) is 4. The van der Waals surface area contributed by atoms with Gasteiger partial charge in [0, 0.05) is 19.3 Å². The fraction of sp³-hybridized carbons (Fsp3) is 0.933. The molecular formula is C15H26N2O2. The molecule has 0 aromatic heterocycles. The third kappa shape index (κ3) is 5.48. The lowest BCUT2D eigenvalue weighted by Gasteiger charge is -2.24. The van der Waals surface area contributed by atoms with Crippen LogP contribution in [0.25, 0.3) is 0 Å². The molecule has 2 rings (SSSR count). The molecule has 19 heavy (non-hydrogen) atoms. The van der Waals surface area contributed by atoms with Gasteiger partial charge in [0.1, 0.15) is 5.54 Å². The van der Waals surface area contributed by atoms with Crippen LogP contribution < -0.4 is 5.32 Å². The number of nitrogens with zero attached hydrogens (tertiary/aromatic N) is 1. The molecule has 0 aromatic rings. The Morgan fingerprint density at radius 2 is 2.21 bits per heavy atom. The molecule has 2 fully saturated rings. The molecule has 1 aliphatic heterocycles. The summed E-state index contributed by atoms with van der Waals surface area (Å²) in [6.07, 6.45) is 8.07. The van der Waals surface area contributed by atoms with Gasteiger partial charge in [-0.05, 0) is 51.9 Å². The first-order chi connectivity index (χ1) is 9.22. The van der Waals surface area contributed by atoms with E-state index in [1.165, 1.54) is 25.7 Å². The highest BCUT2D eigenvalue weighted by Crippen LogP contribution is 2.24. The first kappa shape index (κ1) is 14.8. The van der Waals surface area contributed by atoms with E-state index in [2.05, 4.69) is 11.4 Å². The Kier molecular flexibility index (Phi) is 5.62. The maximum Gasteiger partial charge on any atom is 0.104 e. The molecule has 1 saturated carbocycles. The quantitative estimate of drug-likeness (QED) is 0.685. The van der Waals surface area contributed by atoms with Gasteiger partial charge in [-0.25, -0.2) is 0 Å². The second-order valence-electron chi connectivity index (χ2n) is 6.03. The zero-order chi connectivity index (χ0) is 13.6. The van der Waals surface area contributed by atoms with Gasteiger partial charge in [-0.2, -0.15) is 5.26 Å². The smallest absolute Gasteiger partial charge is 0.104 e. The monoisotopic (exact) mass is 266 g/mol. The molecule has 2 unspecified atom stereocenters. The van der Waals surface area contributed by atoms with Crippen LogP contribution in [0.5, 0.6) is 0 Å². The van der Waals surface area contributed by atoms with E-state index in [9.17, 15) is 5.26 Å². The van der Waals surface area contributed by atoms with Crippen LogP contribution in [-0.2, 0) is 9.47 Å². The van der Waals surface area contributed by atoms with Crippen molar-refractivity contribution in [2.45, 2.75) is 69.6 Å². The second kappa shape index (κ2) is 7.23. The van der Waals surface area contributed by atoms with Crippen molar-refractivity contribution in [2.75, 3.05) is 19.8 Å². The molecule has 4 heteroatoms. The number of hydrogen-bond donors (Lipinski definition) is 1. The van der Waals surface area contributed by atoms with Crippen LogP contribution in [0.3, 0.4) is 0 Å². The SMILES string of the molecule is CC(C#N)(CCCOCC1CCCCO1)NC1CC1. The largest absolute Gasteiger partial charge is 0.379 e. The van der Waals surface area contributed by atoms with E-state index in [0.29, 0.717) is 18.8 Å². The van der Waals surface area contributed by atoms with Gasteiger partial charge in [-0.1, -0.05) is 0 Å². The predicted molar refractivity (Wildman–Crippen MR) is 73.8 cm³/mol. The molecular weight excluding hydrogens is 240 g/mol. The Balaban J connectivity index is 1.53. The molecule has 0 amide bonds. The summed E-state index contributed by atoms with van der Waals surface area (Å²) in [5.74, 6) is 0. The highest BCUT2D eigenvalue weighted by atomic mass is 16.5. The molecule has 1 aliphatic carbocycles. The molecule has 2 atom stereocenters. The van der Waals surface area contributed by atoms with Crippen molar-refractivity contribution in [3.8, 4) is 6.07 Å². The third-order valence-corrected chi connectivity index (χ3v) is 3.89. The van der Waals surface area contributed by atoms with Gasteiger partial charge in [-0.15, -0.1) is 0 Å². The average Bonchev–Trinajstić information content (AvgIpc) is 3.23. The van der Waals surface area contributed by atoms with Crippen LogP contribution >= 0.6 is 0 Å². The van der Waals surface area contributed by atoms with Crippen molar-refractivity contribution in [2.24, 2.45) is 0 Å². The summed E-state index contributed by atoms with van der Waals surface area (Å²) in [7, 11) is 0. The molecule has 0 radical (unpaired) electrons. The van der Waals surface area contributed by atoms with Crippen LogP contribution in [0.2, 0.25) is 0 Å². The predicted octanol–water partition coefficient (Wildman–Crippen LogP) is 2.39. The molecule has 0 spiro atoms. The van der Waals surface area contributed by atoms with E-state index in [0.717, 1.165) is 32.5 Å². The molecule has 2 aliphatic rings. The normalized spacial score (nSPS) is 26.6. The minimum Gasteiger partial charge on any atom is -0.379 e. The van der Waals surface area contributed by atoms with Crippen molar-refractivity contribution in [1.82, 2.24) is 5.32 Å². The molecule has 108 valence electrons. The van der Waals surface area contributed by atoms with Gasteiger partial charge in [0.05, 0.1) is 18.8 Å². The van der Waals surface area contributed by atoms with E-state index >= 15 is 0 Å². The Morgan fingerprint density at radius 3 is 2.84 bits per heavy atom. The molecule has 1 N–H and O–H groups in total. The maximum atomic E-state index is 9.25. The highest BCUT2D eigenvalue weighted by molar-refractivity contribution is 5.06. The standard InChI is InChI=1S/C15H26N2O2/c1-15(12-16,17-13-6-7-13)8-4-9-18-11-14-5-2-3-10-19-14/h13-14,17H,2-11H2,1H3. The van der Waals surface area contributed by atoms with Crippen LogP contribution in [0.4, 0.5) is 0 Å². The van der Waals surface area contributed by atoms with Crippen LogP contribution in [0.15, 0.2) is 0 Å². The average molecular weight is 266 g/mol. The van der Waals surface area contributed by atoms with Gasteiger partial charge >= 0.3 is 0 Å². The van der Waals surface area contributed by atoms with Gasteiger partial charge in [-0.3, -0.25) is 5.32 Å². The van der Waals surface area contributed by atoms with Gasteiger partial charge in [0.15, 0.2) is 0 Å². The second-order valence-corrected chi connectivity index (χ2v) is 6.03. The third-order valence-electron chi connectivity index (χ3n) is 3.89. The first-order valence-electron chi connectivity index (χ1n) is 7.60. The summed E-state index contributed by atoms with van der Waals surface area (Å²) in [5, 5.41) is 12.7. The van der Waals surface area contributed by atoms with Crippen LogP contribution in [-0.4, -0.2) is 37.5 Å². The minimum absolute atomic E-state index is 0.292. The Morgan fingerprint density at radius 1 is 1.37 bits per heavy atom. The number of ether oxygens (including phenoxy) is 2. The summed E-state index contributed by atoms with van der Waals surface area (Å²) in [6.45, 7) is 4.31. The highest BCUT2D eigenvalue weighted by Gasteiger charge is 2.31. The summed E-state index contributed by atoms with van der Waals surface area (Å²) >= 11 is 0. The summed E-state index contributed by atoms with van der Waals surface area (Å²) in [4.78, 5) is 0. The van der Waals surface area contributed by atoms with E-state index in [-0.39, 0.29) is 5.54 Å². The van der Waals surface area contributed by atoms with Gasteiger partial charge in [0.25, 0.3) is 0 Å². The summed E-state index contributed by atoms with van der Waals surface area (Å²) < 4.78 is 11.3. The number of rotatable bonds is 8. The Hall–Kier alpha value is -0.630. The van der Waals surface area contributed by atoms with Gasteiger partial charge in [0.2, 0.25) is 0 Å². The topological polar surface area (TPSA) is 54.3 Å². The lowest BCUT2D eigenvalue weighted by molar-refractivity contribution is -0.0414. The van der Waals surface area contributed by atoms with Crippen molar-refractivity contribution in [1.29, 1.82) is 5.26 Å². The minimum atomic E-state index is -0.383. The van der Waals surface area contributed by atoms with E-state index in [4.69, 9.17) is 9.47 Å². The number of nitrogens with one attached hydrogen (secondary N) is 1. The lowest BCUT2D eigenvalue weighted by Crippen LogP contribution is -2.42. The first-order valence-corrected chi connectivity index (χ1v) is 7.60. The zero-order valence-corrected chi connectivity index (χ0v) is 12.0. The van der Waals surface area contributed by atoms with Crippen LogP contribution in [0, 0.1) is 11.3 Å². The molecule has 1 saturated heterocycles. The Bertz CT molecular complexity index is 306. The van der Waals surface area contributed by atoms with Crippen molar-refractivity contribution in [3.63, 3.8) is 0 Å². The maximum absolute atomic E-state index is 9.25. The van der Waals surface area contributed by atoms with E-state index in [1.807, 2.05) is 6.92 Å². The fourth-order valence-electron chi connectivity index (χ4n) is 2.52. The fourth-order valence-corrected chi connectivity index (χ4v) is 2.52. The zero-order valence-electron chi connectivity index (χ0n) is 12.0. The van der Waals surface area contributed by atoms with E-state index in [1.54, 1.807) is 0 Å². The molecule has 4 nitrogen and oxygen atoms in total. The van der Waals surface area contributed by atoms with Crippen LogP contribution in [0.1, 0.15) is 51.9 Å². The molecule has 0 bridgehead atoms. The molecule has 1 heterocycles.